The SMILES string of the molecule is CCn1c(SC(C)C(=O)c2cccc(Cl)c2)nnc1-c1cccc(C)c1. The molecule has 0 aliphatic heterocycles. The second kappa shape index (κ2) is 8.06. The molecule has 1 heterocycles. The van der Waals surface area contributed by atoms with Crippen LogP contribution in [0.3, 0.4) is 0 Å². The number of benzene rings is 2. The van der Waals surface area contributed by atoms with E-state index in [4.69, 9.17) is 11.6 Å². The van der Waals surface area contributed by atoms with Crippen molar-refractivity contribution in [3.8, 4) is 11.4 Å². The zero-order valence-electron chi connectivity index (χ0n) is 14.9. The fourth-order valence-corrected chi connectivity index (χ4v) is 3.93. The summed E-state index contributed by atoms with van der Waals surface area (Å²) in [6.07, 6.45) is 0. The lowest BCUT2D eigenvalue weighted by molar-refractivity contribution is 0.0994. The van der Waals surface area contributed by atoms with Crippen LogP contribution < -0.4 is 0 Å². The van der Waals surface area contributed by atoms with Crippen molar-refractivity contribution >= 4 is 29.1 Å². The molecule has 6 heteroatoms. The Kier molecular flexibility index (Phi) is 5.79. The number of carbonyl (C=O) groups is 1. The molecule has 3 aromatic rings. The number of hydrogen-bond donors (Lipinski definition) is 0. The van der Waals surface area contributed by atoms with Gasteiger partial charge in [0.1, 0.15) is 0 Å². The molecular weight excluding hydrogens is 366 g/mol. The lowest BCUT2D eigenvalue weighted by Crippen LogP contribution is -2.14. The summed E-state index contributed by atoms with van der Waals surface area (Å²) in [4.78, 5) is 12.7. The highest BCUT2D eigenvalue weighted by Gasteiger charge is 2.21. The van der Waals surface area contributed by atoms with Crippen molar-refractivity contribution in [3.05, 3.63) is 64.7 Å². The Morgan fingerprint density at radius 1 is 1.19 bits per heavy atom. The fraction of sp³-hybridized carbons (Fsp3) is 0.250. The van der Waals surface area contributed by atoms with Crippen molar-refractivity contribution in [2.45, 2.75) is 37.7 Å². The highest BCUT2D eigenvalue weighted by Crippen LogP contribution is 2.29. The van der Waals surface area contributed by atoms with Gasteiger partial charge in [-0.1, -0.05) is 59.3 Å². The van der Waals surface area contributed by atoms with E-state index in [2.05, 4.69) is 36.2 Å². The molecule has 1 atom stereocenters. The number of thioether (sulfide) groups is 1. The Balaban J connectivity index is 1.85. The fourth-order valence-electron chi connectivity index (χ4n) is 2.75. The number of ketones is 1. The minimum absolute atomic E-state index is 0.0280. The van der Waals surface area contributed by atoms with Crippen LogP contribution in [0.5, 0.6) is 0 Å². The first-order valence-electron chi connectivity index (χ1n) is 8.46. The van der Waals surface area contributed by atoms with Crippen LogP contribution >= 0.6 is 23.4 Å². The molecule has 0 amide bonds. The molecule has 2 aromatic carbocycles. The summed E-state index contributed by atoms with van der Waals surface area (Å²) in [5.41, 5.74) is 2.81. The third kappa shape index (κ3) is 4.00. The predicted octanol–water partition coefficient (Wildman–Crippen LogP) is 5.29. The molecule has 0 aliphatic carbocycles. The molecule has 134 valence electrons. The molecule has 0 saturated heterocycles. The van der Waals surface area contributed by atoms with Crippen LogP contribution in [-0.4, -0.2) is 25.8 Å². The highest BCUT2D eigenvalue weighted by atomic mass is 35.5. The molecule has 0 aliphatic rings. The summed E-state index contributed by atoms with van der Waals surface area (Å²) in [5, 5.41) is 9.70. The van der Waals surface area contributed by atoms with Gasteiger partial charge >= 0.3 is 0 Å². The Labute approximate surface area is 162 Å². The van der Waals surface area contributed by atoms with Crippen molar-refractivity contribution in [2.24, 2.45) is 0 Å². The quantitative estimate of drug-likeness (QED) is 0.427. The summed E-state index contributed by atoms with van der Waals surface area (Å²) >= 11 is 7.42. The van der Waals surface area contributed by atoms with E-state index in [1.54, 1.807) is 24.3 Å². The number of halogens is 1. The number of hydrogen-bond acceptors (Lipinski definition) is 4. The first kappa shape index (κ1) is 18.7. The molecule has 3 rings (SSSR count). The van der Waals surface area contributed by atoms with Gasteiger partial charge < -0.3 is 4.57 Å². The van der Waals surface area contributed by atoms with Gasteiger partial charge in [0.25, 0.3) is 0 Å². The largest absolute Gasteiger partial charge is 0.302 e. The number of Topliss-reactive ketones (excluding diaryl/α,β-unsaturated/α-hetero) is 1. The second-order valence-electron chi connectivity index (χ2n) is 6.05. The molecule has 0 spiro atoms. The first-order valence-corrected chi connectivity index (χ1v) is 9.72. The van der Waals surface area contributed by atoms with E-state index < -0.39 is 0 Å². The summed E-state index contributed by atoms with van der Waals surface area (Å²) in [5.74, 6) is 0.848. The number of aryl methyl sites for hydroxylation is 1. The van der Waals surface area contributed by atoms with Crippen LogP contribution in [0.2, 0.25) is 5.02 Å². The topological polar surface area (TPSA) is 47.8 Å². The maximum absolute atomic E-state index is 12.7. The Morgan fingerprint density at radius 2 is 1.96 bits per heavy atom. The lowest BCUT2D eigenvalue weighted by atomic mass is 10.1. The monoisotopic (exact) mass is 385 g/mol. The highest BCUT2D eigenvalue weighted by molar-refractivity contribution is 8.00. The normalized spacial score (nSPS) is 12.2. The van der Waals surface area contributed by atoms with E-state index in [0.29, 0.717) is 10.6 Å². The van der Waals surface area contributed by atoms with Crippen molar-refractivity contribution < 1.29 is 4.79 Å². The predicted molar refractivity (Wildman–Crippen MR) is 107 cm³/mol. The molecule has 0 fully saturated rings. The summed E-state index contributed by atoms with van der Waals surface area (Å²) < 4.78 is 2.04. The third-order valence-electron chi connectivity index (χ3n) is 4.07. The van der Waals surface area contributed by atoms with E-state index in [1.807, 2.05) is 23.6 Å². The van der Waals surface area contributed by atoms with Gasteiger partial charge in [-0.15, -0.1) is 10.2 Å². The molecule has 1 aromatic heterocycles. The van der Waals surface area contributed by atoms with E-state index in [-0.39, 0.29) is 11.0 Å². The van der Waals surface area contributed by atoms with Gasteiger partial charge in [0.15, 0.2) is 16.8 Å². The second-order valence-corrected chi connectivity index (χ2v) is 7.80. The first-order chi connectivity index (χ1) is 12.5. The van der Waals surface area contributed by atoms with Crippen molar-refractivity contribution in [1.29, 1.82) is 0 Å². The number of aromatic nitrogens is 3. The van der Waals surface area contributed by atoms with Crippen LogP contribution in [0.1, 0.15) is 29.8 Å². The van der Waals surface area contributed by atoms with E-state index in [1.165, 1.54) is 17.3 Å². The minimum Gasteiger partial charge on any atom is -0.302 e. The minimum atomic E-state index is -0.284. The van der Waals surface area contributed by atoms with Gasteiger partial charge in [0, 0.05) is 22.7 Å². The van der Waals surface area contributed by atoms with Gasteiger partial charge in [-0.05, 0) is 39.0 Å². The molecule has 0 N–H and O–H groups in total. The maximum Gasteiger partial charge on any atom is 0.192 e. The zero-order valence-corrected chi connectivity index (χ0v) is 16.5. The maximum atomic E-state index is 12.7. The Morgan fingerprint density at radius 3 is 2.65 bits per heavy atom. The van der Waals surface area contributed by atoms with Crippen LogP contribution in [0.25, 0.3) is 11.4 Å². The number of nitrogens with zero attached hydrogens (tertiary/aromatic N) is 3. The van der Waals surface area contributed by atoms with Crippen LogP contribution in [0.4, 0.5) is 0 Å². The third-order valence-corrected chi connectivity index (χ3v) is 5.39. The average Bonchev–Trinajstić information content (AvgIpc) is 3.03. The Bertz CT molecular complexity index is 938. The number of carbonyl (C=O) groups excluding carboxylic acids is 1. The average molecular weight is 386 g/mol. The van der Waals surface area contributed by atoms with E-state index >= 15 is 0 Å². The van der Waals surface area contributed by atoms with Gasteiger partial charge in [0.2, 0.25) is 0 Å². The molecule has 0 radical (unpaired) electrons. The molecule has 1 unspecified atom stereocenters. The van der Waals surface area contributed by atoms with Crippen molar-refractivity contribution in [1.82, 2.24) is 14.8 Å². The van der Waals surface area contributed by atoms with Crippen molar-refractivity contribution in [3.63, 3.8) is 0 Å². The van der Waals surface area contributed by atoms with Crippen LogP contribution in [-0.2, 0) is 6.54 Å². The number of rotatable bonds is 6. The van der Waals surface area contributed by atoms with E-state index in [0.717, 1.165) is 23.1 Å². The molecule has 26 heavy (non-hydrogen) atoms. The Hall–Kier alpha value is -2.11. The molecule has 0 bridgehead atoms. The smallest absolute Gasteiger partial charge is 0.192 e. The molecule has 4 nitrogen and oxygen atoms in total. The molecule has 0 saturated carbocycles. The lowest BCUT2D eigenvalue weighted by Gasteiger charge is -2.12. The summed E-state index contributed by atoms with van der Waals surface area (Å²) in [6.45, 7) is 6.72. The van der Waals surface area contributed by atoms with Crippen LogP contribution in [0.15, 0.2) is 53.7 Å². The summed E-state index contributed by atoms with van der Waals surface area (Å²) in [7, 11) is 0. The standard InChI is InChI=1S/C20H20ClN3OS/c1-4-24-19(16-9-5-7-13(2)11-16)22-23-20(24)26-14(3)18(25)15-8-6-10-17(21)12-15/h5-12,14H,4H2,1-3H3. The van der Waals surface area contributed by atoms with Gasteiger partial charge in [-0.2, -0.15) is 0 Å². The van der Waals surface area contributed by atoms with Gasteiger partial charge in [-0.3, -0.25) is 4.79 Å². The van der Waals surface area contributed by atoms with E-state index in [9.17, 15) is 4.79 Å². The van der Waals surface area contributed by atoms with Gasteiger partial charge in [0.05, 0.1) is 5.25 Å². The molecular formula is C20H20ClN3OS. The van der Waals surface area contributed by atoms with Crippen LogP contribution in [0, 0.1) is 6.92 Å². The van der Waals surface area contributed by atoms with Crippen molar-refractivity contribution in [2.75, 3.05) is 0 Å². The zero-order chi connectivity index (χ0) is 18.7. The van der Waals surface area contributed by atoms with Gasteiger partial charge in [-0.25, -0.2) is 0 Å². The summed E-state index contributed by atoms with van der Waals surface area (Å²) in [6, 6.07) is 15.2.